The molecule has 8 rings (SSSR count). The predicted molar refractivity (Wildman–Crippen MR) is 212 cm³/mol. The molecule has 56 heavy (non-hydrogen) atoms. The van der Waals surface area contributed by atoms with Gasteiger partial charge in [0.25, 0.3) is 0 Å². The number of benzene rings is 4. The summed E-state index contributed by atoms with van der Waals surface area (Å²) in [5, 5.41) is 27.7. The first-order valence-electron chi connectivity index (χ1n) is 19.3. The Morgan fingerprint density at radius 2 is 1.70 bits per heavy atom. The lowest BCUT2D eigenvalue weighted by Gasteiger charge is -2.43. The van der Waals surface area contributed by atoms with Crippen LogP contribution in [0.2, 0.25) is 0 Å². The minimum atomic E-state index is -0.847. The van der Waals surface area contributed by atoms with Gasteiger partial charge < -0.3 is 40.0 Å². The maximum atomic E-state index is 13.2. The van der Waals surface area contributed by atoms with Gasteiger partial charge in [0.15, 0.2) is 0 Å². The molecule has 5 N–H and O–H groups in total. The van der Waals surface area contributed by atoms with Gasteiger partial charge in [0, 0.05) is 24.5 Å². The number of aliphatic hydroxyl groups is 1. The SMILES string of the molecule is O=C(NC(c1ccccc1)c1cccc(OCc2cccc(C(=O)OCCCCNC[C@@H](O)c3ccc(O)c4[nH]c(=O)ccc34)c2)c1)O[C@H]1CN2CCC1CC2. The minimum Gasteiger partial charge on any atom is -0.506 e. The van der Waals surface area contributed by atoms with E-state index in [0.717, 1.165) is 55.6 Å². The van der Waals surface area contributed by atoms with Crippen LogP contribution in [-0.2, 0) is 16.1 Å². The number of phenolic OH excluding ortho intramolecular Hbond substituents is 1. The number of alkyl carbamates (subject to hydrolysis) is 1. The third-order valence-electron chi connectivity index (χ3n) is 10.6. The number of pyridine rings is 1. The molecular formula is C44H48N4O8. The topological polar surface area (TPSA) is 162 Å². The van der Waals surface area contributed by atoms with E-state index in [2.05, 4.69) is 20.5 Å². The van der Waals surface area contributed by atoms with E-state index in [9.17, 15) is 24.6 Å². The third kappa shape index (κ3) is 9.75. The molecule has 0 spiro atoms. The van der Waals surface area contributed by atoms with Crippen LogP contribution in [0.15, 0.2) is 108 Å². The van der Waals surface area contributed by atoms with Crippen LogP contribution in [0.25, 0.3) is 10.9 Å². The second kappa shape index (κ2) is 18.3. The third-order valence-corrected chi connectivity index (χ3v) is 10.6. The van der Waals surface area contributed by atoms with Gasteiger partial charge in [-0.1, -0.05) is 60.7 Å². The first-order valence-corrected chi connectivity index (χ1v) is 19.3. The van der Waals surface area contributed by atoms with Gasteiger partial charge in [-0.3, -0.25) is 9.69 Å². The summed E-state index contributed by atoms with van der Waals surface area (Å²) < 4.78 is 17.7. The van der Waals surface area contributed by atoms with E-state index in [1.54, 1.807) is 30.3 Å². The largest absolute Gasteiger partial charge is 0.506 e. The molecule has 3 fully saturated rings. The molecule has 292 valence electrons. The Labute approximate surface area is 325 Å². The molecule has 3 atom stereocenters. The highest BCUT2D eigenvalue weighted by molar-refractivity contribution is 5.89. The molecule has 3 saturated heterocycles. The molecule has 0 radical (unpaired) electrons. The monoisotopic (exact) mass is 760 g/mol. The Balaban J connectivity index is 0.866. The zero-order chi connectivity index (χ0) is 38.9. The Morgan fingerprint density at radius 3 is 2.50 bits per heavy atom. The molecule has 12 heteroatoms. The van der Waals surface area contributed by atoms with Gasteiger partial charge in [0.2, 0.25) is 5.56 Å². The van der Waals surface area contributed by atoms with Crippen molar-refractivity contribution in [2.75, 3.05) is 39.3 Å². The van der Waals surface area contributed by atoms with E-state index in [4.69, 9.17) is 14.2 Å². The molecule has 1 amide bonds. The lowest BCUT2D eigenvalue weighted by Crippen LogP contribution is -2.52. The van der Waals surface area contributed by atoms with Crippen molar-refractivity contribution in [2.24, 2.45) is 5.92 Å². The number of piperidine rings is 3. The number of nitrogens with one attached hydrogen (secondary N) is 3. The van der Waals surface area contributed by atoms with E-state index in [0.29, 0.717) is 46.7 Å². The van der Waals surface area contributed by atoms with E-state index in [1.165, 1.54) is 12.1 Å². The van der Waals surface area contributed by atoms with E-state index >= 15 is 0 Å². The number of amides is 1. The summed E-state index contributed by atoms with van der Waals surface area (Å²) in [4.78, 5) is 42.7. The van der Waals surface area contributed by atoms with Crippen molar-refractivity contribution in [3.63, 3.8) is 0 Å². The number of fused-ring (bicyclic) bond motifs is 4. The summed E-state index contributed by atoms with van der Waals surface area (Å²) in [5.74, 6) is 0.560. The van der Waals surface area contributed by atoms with E-state index in [-0.39, 0.29) is 37.2 Å². The van der Waals surface area contributed by atoms with Gasteiger partial charge in [-0.15, -0.1) is 0 Å². The molecule has 3 aliphatic heterocycles. The second-order valence-corrected chi connectivity index (χ2v) is 14.5. The van der Waals surface area contributed by atoms with Crippen LogP contribution in [-0.4, -0.2) is 77.6 Å². The van der Waals surface area contributed by atoms with Crippen molar-refractivity contribution in [3.8, 4) is 11.5 Å². The van der Waals surface area contributed by atoms with Crippen molar-refractivity contribution < 1.29 is 34.0 Å². The fraction of sp³-hybridized carbons (Fsp3) is 0.341. The number of aromatic hydroxyl groups is 1. The minimum absolute atomic E-state index is 0.0559. The number of unbranched alkanes of at least 4 members (excludes halogenated alkanes) is 1. The summed E-state index contributed by atoms with van der Waals surface area (Å²) in [6.45, 7) is 4.28. The van der Waals surface area contributed by atoms with Crippen LogP contribution in [0.5, 0.6) is 11.5 Å². The Bertz CT molecular complexity index is 2170. The van der Waals surface area contributed by atoms with Gasteiger partial charge in [-0.05, 0) is 110 Å². The number of carbonyl (C=O) groups is 2. The number of aromatic amines is 1. The van der Waals surface area contributed by atoms with Crippen molar-refractivity contribution in [3.05, 3.63) is 141 Å². The van der Waals surface area contributed by atoms with Crippen molar-refractivity contribution in [1.82, 2.24) is 20.5 Å². The highest BCUT2D eigenvalue weighted by Gasteiger charge is 2.37. The molecule has 4 heterocycles. The van der Waals surface area contributed by atoms with E-state index in [1.807, 2.05) is 60.7 Å². The lowest BCUT2D eigenvalue weighted by molar-refractivity contribution is -0.0336. The van der Waals surface area contributed by atoms with Crippen molar-refractivity contribution >= 4 is 23.0 Å². The number of esters is 1. The van der Waals surface area contributed by atoms with Crippen LogP contribution in [0, 0.1) is 5.92 Å². The molecule has 1 unspecified atom stereocenters. The number of rotatable bonds is 16. The molecule has 12 nitrogen and oxygen atoms in total. The number of hydrogen-bond acceptors (Lipinski definition) is 10. The summed E-state index contributed by atoms with van der Waals surface area (Å²) in [6, 6.07) is 30.2. The highest BCUT2D eigenvalue weighted by Crippen LogP contribution is 2.31. The van der Waals surface area contributed by atoms with Gasteiger partial charge in [0.1, 0.15) is 24.2 Å². The molecule has 5 aromatic rings. The number of hydrogen-bond donors (Lipinski definition) is 5. The maximum absolute atomic E-state index is 13.2. The molecule has 3 aliphatic rings. The average Bonchev–Trinajstić information content (AvgIpc) is 3.23. The Hall–Kier alpha value is -5.69. The zero-order valence-corrected chi connectivity index (χ0v) is 31.2. The number of ether oxygens (including phenoxy) is 3. The van der Waals surface area contributed by atoms with Crippen LogP contribution >= 0.6 is 0 Å². The fourth-order valence-electron chi connectivity index (χ4n) is 7.58. The van der Waals surface area contributed by atoms with Gasteiger partial charge in [-0.2, -0.15) is 0 Å². The first-order chi connectivity index (χ1) is 27.3. The number of aliphatic hydroxyl groups excluding tert-OH is 1. The van der Waals surface area contributed by atoms with Crippen LogP contribution < -0.4 is 20.9 Å². The molecule has 0 aliphatic carbocycles. The second-order valence-electron chi connectivity index (χ2n) is 14.5. The summed E-state index contributed by atoms with van der Waals surface area (Å²) in [5.41, 5.74) is 3.57. The zero-order valence-electron chi connectivity index (χ0n) is 31.2. The first kappa shape index (κ1) is 38.6. The Morgan fingerprint density at radius 1 is 0.893 bits per heavy atom. The van der Waals surface area contributed by atoms with Crippen molar-refractivity contribution in [2.45, 2.75) is 50.5 Å². The summed E-state index contributed by atoms with van der Waals surface area (Å²) in [6.07, 6.45) is 2.10. The quantitative estimate of drug-likeness (QED) is 0.0598. The van der Waals surface area contributed by atoms with Gasteiger partial charge in [0.05, 0.1) is 29.8 Å². The highest BCUT2D eigenvalue weighted by atomic mass is 16.6. The van der Waals surface area contributed by atoms with Crippen LogP contribution in [0.1, 0.15) is 70.4 Å². The number of nitrogens with zero attached hydrogens (tertiary/aromatic N) is 1. The number of aromatic nitrogens is 1. The summed E-state index contributed by atoms with van der Waals surface area (Å²) >= 11 is 0. The number of phenols is 1. The average molecular weight is 761 g/mol. The molecule has 0 saturated carbocycles. The summed E-state index contributed by atoms with van der Waals surface area (Å²) in [7, 11) is 0. The molecule has 1 aromatic heterocycles. The predicted octanol–water partition coefficient (Wildman–Crippen LogP) is 5.98. The molecule has 2 bridgehead atoms. The van der Waals surface area contributed by atoms with Crippen LogP contribution in [0.4, 0.5) is 4.79 Å². The van der Waals surface area contributed by atoms with Crippen molar-refractivity contribution in [1.29, 1.82) is 0 Å². The molecular weight excluding hydrogens is 713 g/mol. The molecule has 4 aromatic carbocycles. The van der Waals surface area contributed by atoms with E-state index < -0.39 is 24.2 Å². The fourth-order valence-corrected chi connectivity index (χ4v) is 7.58. The lowest BCUT2D eigenvalue weighted by atomic mass is 9.86. The maximum Gasteiger partial charge on any atom is 0.408 e. The smallest absolute Gasteiger partial charge is 0.408 e. The Kier molecular flexibility index (Phi) is 12.6. The van der Waals surface area contributed by atoms with Crippen LogP contribution in [0.3, 0.4) is 0 Å². The standard InChI is InChI=1S/C44H48N4O8/c49-37-16-14-35(36-15-17-40(51)46-42(36)37)38(50)26-45-20-4-5-23-54-43(52)33-12-6-8-29(24-33)28-55-34-13-7-11-32(25-34)41(31-9-2-1-3-10-31)47-44(53)56-39-27-48-21-18-30(39)19-22-48/h1-3,6-17,24-25,30,38-39,41,45,49-50H,4-5,18-23,26-28H2,(H,46,51)(H,47,53)/t38-,39+,41?/m1/s1. The van der Waals surface area contributed by atoms with Gasteiger partial charge in [-0.25, -0.2) is 9.59 Å². The van der Waals surface area contributed by atoms with Gasteiger partial charge >= 0.3 is 12.1 Å². The number of H-pyrrole nitrogens is 1. The normalized spacial score (nSPS) is 18.6. The number of carbonyl (C=O) groups excluding carboxylic acids is 2.